The molecule has 9 nitrogen and oxygen atoms in total. The van der Waals surface area contributed by atoms with Crippen LogP contribution in [0.1, 0.15) is 18.1 Å². The third-order valence-electron chi connectivity index (χ3n) is 5.24. The number of carbonyl (C=O) groups excluding carboxylic acids is 1. The second-order valence-electron chi connectivity index (χ2n) is 7.66. The van der Waals surface area contributed by atoms with Gasteiger partial charge in [-0.3, -0.25) is 19.8 Å². The van der Waals surface area contributed by atoms with Crippen molar-refractivity contribution >= 4 is 40.3 Å². The second kappa shape index (κ2) is 11.0. The molecule has 36 heavy (non-hydrogen) atoms. The minimum absolute atomic E-state index is 0.0257. The Morgan fingerprint density at radius 1 is 1.14 bits per heavy atom. The van der Waals surface area contributed by atoms with Gasteiger partial charge in [-0.05, 0) is 66.2 Å². The summed E-state index contributed by atoms with van der Waals surface area (Å²) in [5.74, 6) is -0.165. The number of aromatic hydroxyl groups is 1. The van der Waals surface area contributed by atoms with E-state index < -0.39 is 16.4 Å². The zero-order valence-electron chi connectivity index (χ0n) is 19.6. The highest BCUT2D eigenvalue weighted by Crippen LogP contribution is 2.40. The molecule has 3 aromatic carbocycles. The maximum absolute atomic E-state index is 13.5. The molecule has 0 aliphatic carbocycles. The van der Waals surface area contributed by atoms with Gasteiger partial charge < -0.3 is 14.6 Å². The standard InChI is InChI=1S/C26H23N3O6S/c1-3-35-22-14-18(13-21(24(22)30)29(32)33)15-23-25(31)28(16-17-9-11-20(34-2)12-10-17)26(36-23)27-19-7-5-4-6-8-19/h4-15,30H,3,16H2,1-2H3. The average molecular weight is 506 g/mol. The van der Waals surface area contributed by atoms with Gasteiger partial charge in [0.05, 0.1) is 35.8 Å². The van der Waals surface area contributed by atoms with E-state index in [0.29, 0.717) is 27.1 Å². The topological polar surface area (TPSA) is 115 Å². The summed E-state index contributed by atoms with van der Waals surface area (Å²) >= 11 is 1.17. The number of nitro benzene ring substituents is 1. The molecule has 0 unspecified atom stereocenters. The van der Waals surface area contributed by atoms with Crippen LogP contribution in [-0.4, -0.2) is 39.7 Å². The lowest BCUT2D eigenvalue weighted by molar-refractivity contribution is -0.386. The summed E-state index contributed by atoms with van der Waals surface area (Å²) < 4.78 is 10.6. The molecule has 1 N–H and O–H groups in total. The van der Waals surface area contributed by atoms with Crippen LogP contribution in [0.15, 0.2) is 76.6 Å². The lowest BCUT2D eigenvalue weighted by Crippen LogP contribution is -2.28. The Bertz CT molecular complexity index is 1340. The number of hydrogen-bond acceptors (Lipinski definition) is 8. The minimum atomic E-state index is -0.693. The van der Waals surface area contributed by atoms with E-state index in [2.05, 4.69) is 4.99 Å². The summed E-state index contributed by atoms with van der Waals surface area (Å²) in [4.78, 5) is 30.8. The van der Waals surface area contributed by atoms with Gasteiger partial charge in [-0.15, -0.1) is 0 Å². The smallest absolute Gasteiger partial charge is 0.315 e. The fourth-order valence-corrected chi connectivity index (χ4v) is 4.51. The average Bonchev–Trinajstić information content (AvgIpc) is 3.15. The number of aliphatic imine (C=N–C) groups is 1. The van der Waals surface area contributed by atoms with Crippen molar-refractivity contribution in [3.8, 4) is 17.2 Å². The van der Waals surface area contributed by atoms with E-state index >= 15 is 0 Å². The van der Waals surface area contributed by atoms with Crippen molar-refractivity contribution in [1.82, 2.24) is 4.90 Å². The Morgan fingerprint density at radius 2 is 1.86 bits per heavy atom. The van der Waals surface area contributed by atoms with Crippen molar-refractivity contribution in [3.05, 3.63) is 92.9 Å². The molecule has 0 radical (unpaired) electrons. The number of ether oxygens (including phenoxy) is 2. The maximum Gasteiger partial charge on any atom is 0.315 e. The van der Waals surface area contributed by atoms with Gasteiger partial charge in [-0.2, -0.15) is 0 Å². The number of para-hydroxylation sites is 1. The maximum atomic E-state index is 13.5. The number of nitro groups is 1. The van der Waals surface area contributed by atoms with Crippen molar-refractivity contribution in [3.63, 3.8) is 0 Å². The second-order valence-corrected chi connectivity index (χ2v) is 8.67. The van der Waals surface area contributed by atoms with E-state index in [4.69, 9.17) is 9.47 Å². The SMILES string of the molecule is CCOc1cc(C=C2SC(=Nc3ccccc3)N(Cc3ccc(OC)cc3)C2=O)cc([N+](=O)[O-])c1O. The van der Waals surface area contributed by atoms with E-state index in [1.54, 1.807) is 18.9 Å². The molecule has 1 amide bonds. The Balaban J connectivity index is 1.73. The predicted molar refractivity (Wildman–Crippen MR) is 139 cm³/mol. The number of methoxy groups -OCH3 is 1. The number of hydrogen-bond donors (Lipinski definition) is 1. The number of nitrogens with zero attached hydrogens (tertiary/aromatic N) is 3. The van der Waals surface area contributed by atoms with E-state index in [1.165, 1.54) is 30.0 Å². The molecule has 1 aliphatic heterocycles. The number of carbonyl (C=O) groups is 1. The molecule has 3 aromatic rings. The van der Waals surface area contributed by atoms with E-state index in [-0.39, 0.29) is 24.8 Å². The minimum Gasteiger partial charge on any atom is -0.500 e. The Hall–Kier alpha value is -4.31. The molecule has 184 valence electrons. The van der Waals surface area contributed by atoms with Gasteiger partial charge in [0.25, 0.3) is 5.91 Å². The molecule has 0 saturated carbocycles. The fraction of sp³-hybridized carbons (Fsp3) is 0.154. The van der Waals surface area contributed by atoms with Crippen LogP contribution in [0.2, 0.25) is 0 Å². The van der Waals surface area contributed by atoms with Gasteiger partial charge in [0.15, 0.2) is 10.9 Å². The van der Waals surface area contributed by atoms with Crippen molar-refractivity contribution in [2.75, 3.05) is 13.7 Å². The third kappa shape index (κ3) is 5.49. The first-order valence-electron chi connectivity index (χ1n) is 11.0. The molecular weight excluding hydrogens is 482 g/mol. The monoisotopic (exact) mass is 505 g/mol. The fourth-order valence-electron chi connectivity index (χ4n) is 3.51. The zero-order valence-corrected chi connectivity index (χ0v) is 20.4. The van der Waals surface area contributed by atoms with Crippen molar-refractivity contribution in [1.29, 1.82) is 0 Å². The lowest BCUT2D eigenvalue weighted by atomic mass is 10.1. The van der Waals surface area contributed by atoms with Crippen molar-refractivity contribution in [2.45, 2.75) is 13.5 Å². The van der Waals surface area contributed by atoms with E-state index in [9.17, 15) is 20.0 Å². The van der Waals surface area contributed by atoms with Crippen molar-refractivity contribution < 1.29 is 24.3 Å². The van der Waals surface area contributed by atoms with Crippen LogP contribution < -0.4 is 9.47 Å². The first-order valence-corrected chi connectivity index (χ1v) is 11.8. The predicted octanol–water partition coefficient (Wildman–Crippen LogP) is 5.51. The normalized spacial score (nSPS) is 15.5. The molecule has 1 aliphatic rings. The highest BCUT2D eigenvalue weighted by molar-refractivity contribution is 8.18. The highest BCUT2D eigenvalue weighted by Gasteiger charge is 2.34. The van der Waals surface area contributed by atoms with Crippen LogP contribution in [0.5, 0.6) is 17.2 Å². The molecular formula is C26H23N3O6S. The Morgan fingerprint density at radius 3 is 2.50 bits per heavy atom. The molecule has 0 atom stereocenters. The summed E-state index contributed by atoms with van der Waals surface area (Å²) in [6, 6.07) is 19.3. The Kier molecular flexibility index (Phi) is 7.55. The quantitative estimate of drug-likeness (QED) is 0.244. The number of thioether (sulfide) groups is 1. The molecule has 0 bridgehead atoms. The molecule has 0 spiro atoms. The van der Waals surface area contributed by atoms with Crippen LogP contribution in [0.3, 0.4) is 0 Å². The summed E-state index contributed by atoms with van der Waals surface area (Å²) in [6.45, 7) is 2.19. The highest BCUT2D eigenvalue weighted by atomic mass is 32.2. The first-order chi connectivity index (χ1) is 17.4. The zero-order chi connectivity index (χ0) is 25.7. The number of amidine groups is 1. The van der Waals surface area contributed by atoms with E-state index in [1.807, 2.05) is 54.6 Å². The molecule has 0 aromatic heterocycles. The van der Waals surface area contributed by atoms with Gasteiger partial charge in [0.2, 0.25) is 5.75 Å². The van der Waals surface area contributed by atoms with Gasteiger partial charge in [-0.25, -0.2) is 4.99 Å². The molecule has 1 saturated heterocycles. The largest absolute Gasteiger partial charge is 0.500 e. The van der Waals surface area contributed by atoms with Crippen LogP contribution in [0.25, 0.3) is 6.08 Å². The molecule has 1 heterocycles. The lowest BCUT2D eigenvalue weighted by Gasteiger charge is -2.16. The number of benzene rings is 3. The molecule has 10 heteroatoms. The molecule has 1 fully saturated rings. The number of phenolic OH excluding ortho intramolecular Hbond substituents is 1. The summed E-state index contributed by atoms with van der Waals surface area (Å²) in [6.07, 6.45) is 1.54. The third-order valence-corrected chi connectivity index (χ3v) is 6.25. The van der Waals surface area contributed by atoms with Crippen LogP contribution in [-0.2, 0) is 11.3 Å². The Labute approximate surface area is 211 Å². The van der Waals surface area contributed by atoms with Gasteiger partial charge in [0.1, 0.15) is 5.75 Å². The van der Waals surface area contributed by atoms with E-state index in [0.717, 1.165) is 5.56 Å². The number of phenols is 1. The van der Waals surface area contributed by atoms with Crippen LogP contribution in [0, 0.1) is 10.1 Å². The number of rotatable bonds is 8. The number of amides is 1. The summed E-state index contributed by atoms with van der Waals surface area (Å²) in [7, 11) is 1.59. The first kappa shape index (κ1) is 24.8. The molecule has 4 rings (SSSR count). The van der Waals surface area contributed by atoms with Crippen molar-refractivity contribution in [2.24, 2.45) is 4.99 Å². The van der Waals surface area contributed by atoms with Gasteiger partial charge >= 0.3 is 5.69 Å². The van der Waals surface area contributed by atoms with Crippen LogP contribution in [0.4, 0.5) is 11.4 Å². The summed E-state index contributed by atoms with van der Waals surface area (Å²) in [5, 5.41) is 22.1. The van der Waals surface area contributed by atoms with Gasteiger partial charge in [0, 0.05) is 6.07 Å². The van der Waals surface area contributed by atoms with Crippen LogP contribution >= 0.6 is 11.8 Å². The summed E-state index contributed by atoms with van der Waals surface area (Å²) in [5.41, 5.74) is 1.42. The van der Waals surface area contributed by atoms with Gasteiger partial charge in [-0.1, -0.05) is 30.3 Å².